The summed E-state index contributed by atoms with van der Waals surface area (Å²) in [5.41, 5.74) is 6.21. The number of halogens is 2. The molecule has 0 aliphatic carbocycles. The number of nitrogen functional groups attached to an aromatic ring is 1. The van der Waals surface area contributed by atoms with Crippen LogP contribution in [0.2, 0.25) is 10.0 Å². The fourth-order valence-electron chi connectivity index (χ4n) is 1.93. The van der Waals surface area contributed by atoms with Crippen molar-refractivity contribution in [1.29, 1.82) is 0 Å². The van der Waals surface area contributed by atoms with Gasteiger partial charge in [-0.25, -0.2) is 4.79 Å². The summed E-state index contributed by atoms with van der Waals surface area (Å²) >= 11 is 11.8. The third kappa shape index (κ3) is 3.99. The topological polar surface area (TPSA) is 64.8 Å². The summed E-state index contributed by atoms with van der Waals surface area (Å²) in [5.74, 6) is -0.516. The first-order chi connectivity index (χ1) is 9.58. The Labute approximate surface area is 127 Å². The maximum Gasteiger partial charge on any atom is 0.339 e. The molecule has 1 aromatic rings. The maximum atomic E-state index is 11.9. The Morgan fingerprint density at radius 2 is 2.05 bits per heavy atom. The number of hydrogen-bond acceptors (Lipinski definition) is 5. The third-order valence-corrected chi connectivity index (χ3v) is 3.82. The second-order valence-electron chi connectivity index (χ2n) is 4.45. The van der Waals surface area contributed by atoms with Gasteiger partial charge in [0.25, 0.3) is 0 Å². The third-order valence-electron chi connectivity index (χ3n) is 3.01. The molecule has 1 aromatic carbocycles. The molecule has 0 aromatic heterocycles. The van der Waals surface area contributed by atoms with Gasteiger partial charge in [-0.05, 0) is 12.1 Å². The highest BCUT2D eigenvalue weighted by molar-refractivity contribution is 6.44. The summed E-state index contributed by atoms with van der Waals surface area (Å²) in [6, 6.07) is 2.96. The van der Waals surface area contributed by atoms with Gasteiger partial charge in [-0.15, -0.1) is 0 Å². The Morgan fingerprint density at radius 3 is 2.75 bits per heavy atom. The summed E-state index contributed by atoms with van der Waals surface area (Å²) in [6.45, 7) is 4.09. The van der Waals surface area contributed by atoms with E-state index in [1.54, 1.807) is 0 Å². The van der Waals surface area contributed by atoms with Crippen molar-refractivity contribution in [2.24, 2.45) is 0 Å². The van der Waals surface area contributed by atoms with Gasteiger partial charge in [-0.3, -0.25) is 4.90 Å². The Bertz CT molecular complexity index is 491. The van der Waals surface area contributed by atoms with E-state index in [9.17, 15) is 4.79 Å². The van der Waals surface area contributed by atoms with Gasteiger partial charge in [-0.2, -0.15) is 0 Å². The SMILES string of the molecule is Nc1cc(Cl)c(Cl)c(C(=O)OCCN2CCOCC2)c1. The first kappa shape index (κ1) is 15.4. The smallest absolute Gasteiger partial charge is 0.339 e. The Balaban J connectivity index is 1.88. The quantitative estimate of drug-likeness (QED) is 0.680. The molecule has 0 bridgehead atoms. The molecule has 1 aliphatic heterocycles. The molecule has 1 saturated heterocycles. The minimum Gasteiger partial charge on any atom is -0.461 e. The number of carbonyl (C=O) groups excluding carboxylic acids is 1. The second-order valence-corrected chi connectivity index (χ2v) is 5.24. The molecule has 0 saturated carbocycles. The van der Waals surface area contributed by atoms with Gasteiger partial charge in [0.05, 0.1) is 28.8 Å². The molecule has 110 valence electrons. The predicted octanol–water partition coefficient (Wildman–Crippen LogP) is 2.06. The summed E-state index contributed by atoms with van der Waals surface area (Å²) in [4.78, 5) is 14.1. The normalized spacial score (nSPS) is 16.1. The van der Waals surface area contributed by atoms with Crippen LogP contribution in [0, 0.1) is 0 Å². The molecule has 5 nitrogen and oxygen atoms in total. The highest BCUT2D eigenvalue weighted by atomic mass is 35.5. The van der Waals surface area contributed by atoms with Crippen molar-refractivity contribution in [3.05, 3.63) is 27.7 Å². The molecule has 0 radical (unpaired) electrons. The Morgan fingerprint density at radius 1 is 1.35 bits per heavy atom. The van der Waals surface area contributed by atoms with Crippen LogP contribution >= 0.6 is 23.2 Å². The maximum absolute atomic E-state index is 11.9. The monoisotopic (exact) mass is 318 g/mol. The number of nitrogens with two attached hydrogens (primary N) is 1. The number of benzene rings is 1. The molecule has 1 aliphatic rings. The molecule has 1 fully saturated rings. The minimum atomic E-state index is -0.516. The molecule has 0 unspecified atom stereocenters. The number of esters is 1. The van der Waals surface area contributed by atoms with Gasteiger partial charge in [0.15, 0.2) is 0 Å². The summed E-state index contributed by atoms with van der Waals surface area (Å²) in [6.07, 6.45) is 0. The number of carbonyl (C=O) groups is 1. The highest BCUT2D eigenvalue weighted by Crippen LogP contribution is 2.29. The van der Waals surface area contributed by atoms with Gasteiger partial charge in [0.2, 0.25) is 0 Å². The molecule has 0 amide bonds. The van der Waals surface area contributed by atoms with Crippen LogP contribution in [-0.2, 0) is 9.47 Å². The summed E-state index contributed by atoms with van der Waals surface area (Å²) in [7, 11) is 0. The zero-order chi connectivity index (χ0) is 14.5. The van der Waals surface area contributed by atoms with Gasteiger partial charge < -0.3 is 15.2 Å². The molecule has 0 atom stereocenters. The fourth-order valence-corrected chi connectivity index (χ4v) is 2.34. The van der Waals surface area contributed by atoms with Crippen LogP contribution in [-0.4, -0.2) is 50.3 Å². The van der Waals surface area contributed by atoms with E-state index in [0.29, 0.717) is 32.1 Å². The van der Waals surface area contributed by atoms with Crippen LogP contribution < -0.4 is 5.73 Å². The van der Waals surface area contributed by atoms with Crippen molar-refractivity contribution in [3.63, 3.8) is 0 Å². The first-order valence-electron chi connectivity index (χ1n) is 6.29. The number of anilines is 1. The van der Waals surface area contributed by atoms with E-state index < -0.39 is 5.97 Å². The standard InChI is InChI=1S/C13H16Cl2N2O3/c14-11-8-9(16)7-10(12(11)15)13(18)20-6-3-17-1-4-19-5-2-17/h7-8H,1-6,16H2. The zero-order valence-corrected chi connectivity index (χ0v) is 12.4. The molecule has 2 rings (SSSR count). The van der Waals surface area contributed by atoms with E-state index in [1.807, 2.05) is 0 Å². The predicted molar refractivity (Wildman–Crippen MR) is 78.4 cm³/mol. The van der Waals surface area contributed by atoms with Crippen molar-refractivity contribution in [3.8, 4) is 0 Å². The summed E-state index contributed by atoms with van der Waals surface area (Å²) < 4.78 is 10.4. The highest BCUT2D eigenvalue weighted by Gasteiger charge is 2.16. The Hall–Kier alpha value is -1.01. The number of morpholine rings is 1. The first-order valence-corrected chi connectivity index (χ1v) is 7.05. The van der Waals surface area contributed by atoms with Crippen LogP contribution in [0.25, 0.3) is 0 Å². The number of ether oxygens (including phenoxy) is 2. The number of rotatable bonds is 4. The van der Waals surface area contributed by atoms with Crippen molar-refractivity contribution < 1.29 is 14.3 Å². The fraction of sp³-hybridized carbons (Fsp3) is 0.462. The molecule has 7 heteroatoms. The average molecular weight is 319 g/mol. The van der Waals surface area contributed by atoms with Crippen molar-refractivity contribution >= 4 is 34.9 Å². The largest absolute Gasteiger partial charge is 0.461 e. The molecule has 20 heavy (non-hydrogen) atoms. The van der Waals surface area contributed by atoms with E-state index in [1.165, 1.54) is 12.1 Å². The van der Waals surface area contributed by atoms with E-state index in [-0.39, 0.29) is 15.6 Å². The summed E-state index contributed by atoms with van der Waals surface area (Å²) in [5, 5.41) is 0.407. The number of nitrogens with zero attached hydrogens (tertiary/aromatic N) is 1. The van der Waals surface area contributed by atoms with Gasteiger partial charge >= 0.3 is 5.97 Å². The molecule has 0 spiro atoms. The lowest BCUT2D eigenvalue weighted by atomic mass is 10.2. The van der Waals surface area contributed by atoms with Crippen LogP contribution in [0.15, 0.2) is 12.1 Å². The molecule has 2 N–H and O–H groups in total. The lowest BCUT2D eigenvalue weighted by molar-refractivity contribution is 0.0195. The van der Waals surface area contributed by atoms with E-state index in [4.69, 9.17) is 38.4 Å². The van der Waals surface area contributed by atoms with Crippen LogP contribution in [0.3, 0.4) is 0 Å². The number of hydrogen-bond donors (Lipinski definition) is 1. The van der Waals surface area contributed by atoms with Crippen LogP contribution in [0.1, 0.15) is 10.4 Å². The van der Waals surface area contributed by atoms with Crippen LogP contribution in [0.4, 0.5) is 5.69 Å². The van der Waals surface area contributed by atoms with E-state index >= 15 is 0 Å². The van der Waals surface area contributed by atoms with Crippen molar-refractivity contribution in [2.75, 3.05) is 45.2 Å². The lowest BCUT2D eigenvalue weighted by Crippen LogP contribution is -2.38. The van der Waals surface area contributed by atoms with E-state index in [0.717, 1.165) is 13.1 Å². The lowest BCUT2D eigenvalue weighted by Gasteiger charge is -2.26. The molecular formula is C13H16Cl2N2O3. The molecular weight excluding hydrogens is 303 g/mol. The van der Waals surface area contributed by atoms with Crippen molar-refractivity contribution in [2.45, 2.75) is 0 Å². The van der Waals surface area contributed by atoms with Gasteiger partial charge in [0, 0.05) is 25.3 Å². The second kappa shape index (κ2) is 7.13. The average Bonchev–Trinajstić information content (AvgIpc) is 2.44. The zero-order valence-electron chi connectivity index (χ0n) is 10.9. The van der Waals surface area contributed by atoms with Crippen LogP contribution in [0.5, 0.6) is 0 Å². The molecule has 1 heterocycles. The minimum absolute atomic E-state index is 0.164. The Kier molecular flexibility index (Phi) is 5.48. The van der Waals surface area contributed by atoms with Crippen molar-refractivity contribution in [1.82, 2.24) is 4.90 Å². The van der Waals surface area contributed by atoms with Gasteiger partial charge in [-0.1, -0.05) is 23.2 Å². The van der Waals surface area contributed by atoms with E-state index in [2.05, 4.69) is 4.90 Å². The van der Waals surface area contributed by atoms with Gasteiger partial charge in [0.1, 0.15) is 6.61 Å².